The van der Waals surface area contributed by atoms with Gasteiger partial charge in [-0.15, -0.1) is 0 Å². The van der Waals surface area contributed by atoms with Gasteiger partial charge in [0, 0.05) is 9.79 Å². The average molecular weight is 829 g/mol. The van der Waals surface area contributed by atoms with Crippen LogP contribution in [0.5, 0.6) is 17.2 Å². The first-order chi connectivity index (χ1) is 28.1. The predicted octanol–water partition coefficient (Wildman–Crippen LogP) is 12.9. The molecule has 0 spiro atoms. The fourth-order valence-corrected chi connectivity index (χ4v) is 12.4. The lowest BCUT2D eigenvalue weighted by atomic mass is 9.96. The Kier molecular flexibility index (Phi) is 12.1. The van der Waals surface area contributed by atoms with Crippen molar-refractivity contribution >= 4 is 42.0 Å². The Morgan fingerprint density at radius 3 is 1.73 bits per heavy atom. The van der Waals surface area contributed by atoms with Crippen LogP contribution in [0.4, 0.5) is 0 Å². The minimum Gasteiger partial charge on any atom is -0.488 e. The molecule has 9 heteroatoms. The van der Waals surface area contributed by atoms with Crippen molar-refractivity contribution in [2.75, 3.05) is 13.4 Å². The van der Waals surface area contributed by atoms with Crippen molar-refractivity contribution in [3.05, 3.63) is 163 Å². The number of aryl methyl sites for hydroxylation is 1. The van der Waals surface area contributed by atoms with Gasteiger partial charge in [-0.05, 0) is 153 Å². The van der Waals surface area contributed by atoms with Crippen molar-refractivity contribution < 1.29 is 31.0 Å². The van der Waals surface area contributed by atoms with Crippen LogP contribution in [0.1, 0.15) is 52.7 Å². The summed E-state index contributed by atoms with van der Waals surface area (Å²) in [5, 5.41) is 4.80. The first-order valence-corrected chi connectivity index (χ1v) is 22.7. The summed E-state index contributed by atoms with van der Waals surface area (Å²) in [6.07, 6.45) is 0.671. The van der Waals surface area contributed by atoms with Gasteiger partial charge in [0.25, 0.3) is 0 Å². The summed E-state index contributed by atoms with van der Waals surface area (Å²) in [5.41, 5.74) is 1.06. The van der Waals surface area contributed by atoms with Gasteiger partial charge in [0.15, 0.2) is 6.79 Å². The van der Waals surface area contributed by atoms with E-state index in [0.29, 0.717) is 45.0 Å². The number of hydrogen-bond acceptors (Lipinski definition) is 7. The van der Waals surface area contributed by atoms with Crippen LogP contribution in [0, 0.1) is 6.92 Å². The van der Waals surface area contributed by atoms with Crippen LogP contribution in [0.15, 0.2) is 171 Å². The number of para-hydroxylation sites is 1. The summed E-state index contributed by atoms with van der Waals surface area (Å²) in [6.45, 7) is 14.0. The highest BCUT2D eigenvalue weighted by atomic mass is 32.3. The van der Waals surface area contributed by atoms with Crippen molar-refractivity contribution in [2.24, 2.45) is 0 Å². The zero-order chi connectivity index (χ0) is 41.8. The maximum absolute atomic E-state index is 14.7. The second-order valence-corrected chi connectivity index (χ2v) is 20.9. The summed E-state index contributed by atoms with van der Waals surface area (Å²) >= 11 is 0. The molecule has 0 saturated carbocycles. The molecule has 7 aromatic rings. The summed E-state index contributed by atoms with van der Waals surface area (Å²) < 4.78 is 61.6. The smallest absolute Gasteiger partial charge is 0.307 e. The highest BCUT2D eigenvalue weighted by Gasteiger charge is 2.41. The van der Waals surface area contributed by atoms with E-state index >= 15 is 0 Å². The molecule has 59 heavy (non-hydrogen) atoms. The van der Waals surface area contributed by atoms with E-state index < -0.39 is 31.6 Å². The molecule has 0 aromatic heterocycles. The van der Waals surface area contributed by atoms with Crippen LogP contribution in [0.3, 0.4) is 0 Å². The molecule has 0 saturated heterocycles. The molecule has 0 atom stereocenters. The molecule has 0 amide bonds. The molecule has 0 aliphatic heterocycles. The minimum atomic E-state index is -4.42. The highest BCUT2D eigenvalue weighted by molar-refractivity contribution is 8.33. The lowest BCUT2D eigenvalue weighted by Crippen LogP contribution is -2.23. The fourth-order valence-electron chi connectivity index (χ4n) is 7.02. The van der Waals surface area contributed by atoms with Crippen LogP contribution in [-0.2, 0) is 24.9 Å². The molecule has 306 valence electrons. The Balaban J connectivity index is 1.31. The van der Waals surface area contributed by atoms with Gasteiger partial charge in [-0.25, -0.2) is 3.63 Å². The van der Waals surface area contributed by atoms with Gasteiger partial charge in [-0.1, -0.05) is 96.6 Å². The summed E-state index contributed by atoms with van der Waals surface area (Å²) in [4.78, 5) is 1.73. The summed E-state index contributed by atoms with van der Waals surface area (Å²) in [6, 6.07) is 48.1. The lowest BCUT2D eigenvalue weighted by molar-refractivity contribution is 0.0153. The van der Waals surface area contributed by atoms with Crippen LogP contribution in [0.25, 0.3) is 21.5 Å². The molecule has 7 rings (SSSR count). The third-order valence-electron chi connectivity index (χ3n) is 9.45. The standard InChI is InChI=1S/C50H52O7S2/c1-36-26-28-41(29-27-36)59(51,52)57-58(42-19-14-17-39(33-42)55-49(2,3)4,43-20-15-18-40(34-43)56-50(5,6)7)48-25-13-12-24-47(48)54-35-53-31-30-38-32-37-16-8-9-21-44(37)46-23-11-10-22-45(38)46/h8-29,32-34H,30-31,35H2,1-7H3. The molecule has 0 unspecified atom stereocenters. The monoisotopic (exact) mass is 828 g/mol. The Morgan fingerprint density at radius 2 is 1.10 bits per heavy atom. The number of benzene rings is 7. The normalized spacial score (nSPS) is 12.7. The van der Waals surface area contributed by atoms with Gasteiger partial charge in [-0.3, -0.25) is 0 Å². The maximum atomic E-state index is 14.7. The zero-order valence-corrected chi connectivity index (χ0v) is 36.4. The van der Waals surface area contributed by atoms with E-state index in [2.05, 4.69) is 54.6 Å². The van der Waals surface area contributed by atoms with Gasteiger partial charge in [0.2, 0.25) is 0 Å². The Bertz CT molecular complexity index is 2620. The number of ether oxygens (including phenoxy) is 4. The molecule has 0 aliphatic carbocycles. The molecule has 0 fully saturated rings. The second kappa shape index (κ2) is 17.1. The molecule has 7 aromatic carbocycles. The molecule has 7 nitrogen and oxygen atoms in total. The first kappa shape index (κ1) is 41.8. The molecule has 0 aliphatic rings. The molecule has 0 radical (unpaired) electrons. The quantitative estimate of drug-likeness (QED) is 0.0613. The van der Waals surface area contributed by atoms with Gasteiger partial charge < -0.3 is 18.9 Å². The van der Waals surface area contributed by atoms with Crippen LogP contribution in [0.2, 0.25) is 0 Å². The van der Waals surface area contributed by atoms with Gasteiger partial charge in [0.05, 0.1) is 16.4 Å². The Morgan fingerprint density at radius 1 is 0.542 bits per heavy atom. The van der Waals surface area contributed by atoms with E-state index in [-0.39, 0.29) is 11.7 Å². The van der Waals surface area contributed by atoms with Gasteiger partial charge in [-0.2, -0.15) is 8.42 Å². The Hall–Kier alpha value is -5.32. The predicted molar refractivity (Wildman–Crippen MR) is 239 cm³/mol. The fraction of sp³-hybridized carbons (Fsp3) is 0.240. The van der Waals surface area contributed by atoms with Crippen LogP contribution in [-0.4, -0.2) is 33.0 Å². The highest BCUT2D eigenvalue weighted by Crippen LogP contribution is 2.73. The Labute approximate surface area is 350 Å². The van der Waals surface area contributed by atoms with Crippen LogP contribution >= 0.6 is 10.3 Å². The molecule has 0 heterocycles. The lowest BCUT2D eigenvalue weighted by Gasteiger charge is -2.40. The molecule has 0 N–H and O–H groups in total. The van der Waals surface area contributed by atoms with Crippen molar-refractivity contribution in [1.29, 1.82) is 0 Å². The van der Waals surface area contributed by atoms with E-state index in [1.54, 1.807) is 24.3 Å². The van der Waals surface area contributed by atoms with Crippen molar-refractivity contribution in [3.63, 3.8) is 0 Å². The summed E-state index contributed by atoms with van der Waals surface area (Å²) in [5.74, 6) is 1.54. The first-order valence-electron chi connectivity index (χ1n) is 19.7. The second-order valence-electron chi connectivity index (χ2n) is 16.4. The molecular weight excluding hydrogens is 777 g/mol. The van der Waals surface area contributed by atoms with E-state index in [1.807, 2.05) is 121 Å². The van der Waals surface area contributed by atoms with Gasteiger partial charge >= 0.3 is 10.1 Å². The van der Waals surface area contributed by atoms with E-state index in [9.17, 15) is 8.42 Å². The summed E-state index contributed by atoms with van der Waals surface area (Å²) in [7, 11) is -7.61. The molecular formula is C50H52O7S2. The van der Waals surface area contributed by atoms with Crippen LogP contribution < -0.4 is 14.2 Å². The van der Waals surface area contributed by atoms with Gasteiger partial charge in [0.1, 0.15) is 28.5 Å². The largest absolute Gasteiger partial charge is 0.488 e. The average Bonchev–Trinajstić information content (AvgIpc) is 3.19. The topological polar surface area (TPSA) is 80.3 Å². The SMILES string of the molecule is Cc1ccc(S(=O)(=O)OS(c2cccc(OC(C)(C)C)c2)(c2cccc(OC(C)(C)C)c2)c2ccccc2OCOCCc2cc3ccccc3c3ccccc23)cc1. The zero-order valence-electron chi connectivity index (χ0n) is 34.7. The minimum absolute atomic E-state index is 0.0344. The number of fused-ring (bicyclic) bond motifs is 3. The van der Waals surface area contributed by atoms with Crippen molar-refractivity contribution in [2.45, 2.75) is 85.7 Å². The van der Waals surface area contributed by atoms with E-state index in [4.69, 9.17) is 22.6 Å². The number of rotatable bonds is 14. The van der Waals surface area contributed by atoms with Crippen molar-refractivity contribution in [3.8, 4) is 17.2 Å². The third-order valence-corrected chi connectivity index (χ3v) is 14.6. The number of hydrogen-bond donors (Lipinski definition) is 0. The van der Waals surface area contributed by atoms with E-state index in [1.165, 1.54) is 27.1 Å². The maximum Gasteiger partial charge on any atom is 0.307 e. The van der Waals surface area contributed by atoms with E-state index in [0.717, 1.165) is 5.56 Å². The van der Waals surface area contributed by atoms with Crippen molar-refractivity contribution in [1.82, 2.24) is 0 Å². The third kappa shape index (κ3) is 9.77. The molecule has 0 bridgehead atoms.